The van der Waals surface area contributed by atoms with Crippen LogP contribution < -0.4 is 5.32 Å². The Balaban J connectivity index is 1.91. The fourth-order valence-electron chi connectivity index (χ4n) is 3.43. The van der Waals surface area contributed by atoms with E-state index in [1.54, 1.807) is 6.07 Å². The van der Waals surface area contributed by atoms with Crippen LogP contribution in [0.5, 0.6) is 0 Å². The van der Waals surface area contributed by atoms with Crippen molar-refractivity contribution < 1.29 is 9.53 Å². The zero-order valence-corrected chi connectivity index (χ0v) is 11.9. The maximum Gasteiger partial charge on any atom is 0.412 e. The van der Waals surface area contributed by atoms with Gasteiger partial charge in [0.25, 0.3) is 0 Å². The van der Waals surface area contributed by atoms with Crippen molar-refractivity contribution in [3.8, 4) is 17.2 Å². The summed E-state index contributed by atoms with van der Waals surface area (Å²) in [5.74, 6) is 0. The molecule has 0 aromatic heterocycles. The van der Waals surface area contributed by atoms with Crippen LogP contribution in [0.15, 0.2) is 36.4 Å². The molecule has 22 heavy (non-hydrogen) atoms. The Morgan fingerprint density at radius 3 is 3.05 bits per heavy atom. The Bertz CT molecular complexity index is 820. The molecular weight excluding hydrogens is 276 g/mol. The van der Waals surface area contributed by atoms with Gasteiger partial charge in [-0.15, -0.1) is 0 Å². The van der Waals surface area contributed by atoms with E-state index in [1.807, 2.05) is 30.3 Å². The van der Waals surface area contributed by atoms with Gasteiger partial charge < -0.3 is 4.74 Å². The van der Waals surface area contributed by atoms with Crippen LogP contribution in [0.1, 0.15) is 35.6 Å². The van der Waals surface area contributed by atoms with Gasteiger partial charge in [0, 0.05) is 5.56 Å². The van der Waals surface area contributed by atoms with Crippen molar-refractivity contribution in [2.75, 3.05) is 5.32 Å². The van der Waals surface area contributed by atoms with Gasteiger partial charge in [0.05, 0.1) is 17.3 Å². The number of hydrogen-bond acceptors (Lipinski definition) is 3. The molecule has 4 heteroatoms. The van der Waals surface area contributed by atoms with Crippen molar-refractivity contribution in [1.82, 2.24) is 0 Å². The minimum Gasteiger partial charge on any atom is -0.441 e. The van der Waals surface area contributed by atoms with E-state index in [0.29, 0.717) is 5.56 Å². The quantitative estimate of drug-likeness (QED) is 0.857. The van der Waals surface area contributed by atoms with Crippen molar-refractivity contribution >= 4 is 11.8 Å². The summed E-state index contributed by atoms with van der Waals surface area (Å²) in [6.45, 7) is 0. The van der Waals surface area contributed by atoms with Crippen LogP contribution in [0, 0.1) is 11.3 Å². The molecule has 2 aliphatic rings. The largest absolute Gasteiger partial charge is 0.441 e. The molecule has 0 fully saturated rings. The van der Waals surface area contributed by atoms with Crippen molar-refractivity contribution in [3.63, 3.8) is 0 Å². The van der Waals surface area contributed by atoms with Gasteiger partial charge in [0.15, 0.2) is 0 Å². The molecule has 1 N–H and O–H groups in total. The van der Waals surface area contributed by atoms with Gasteiger partial charge in [0.1, 0.15) is 6.10 Å². The third-order valence-corrected chi connectivity index (χ3v) is 4.36. The first-order valence-corrected chi connectivity index (χ1v) is 7.40. The highest BCUT2D eigenvalue weighted by atomic mass is 16.6. The number of carbonyl (C=O) groups is 1. The first-order chi connectivity index (χ1) is 10.8. The topological polar surface area (TPSA) is 62.1 Å². The Morgan fingerprint density at radius 2 is 2.18 bits per heavy atom. The molecule has 0 spiro atoms. The predicted molar refractivity (Wildman–Crippen MR) is 82.4 cm³/mol. The lowest BCUT2D eigenvalue weighted by atomic mass is 9.82. The van der Waals surface area contributed by atoms with E-state index >= 15 is 0 Å². The SMILES string of the molecule is N#Cc1cccc(-c2ccc3c4c2CCCC4OC(=O)N3)c1. The minimum atomic E-state index is -0.371. The van der Waals surface area contributed by atoms with Gasteiger partial charge in [-0.25, -0.2) is 4.79 Å². The van der Waals surface area contributed by atoms with Crippen LogP contribution in [-0.2, 0) is 11.2 Å². The molecule has 108 valence electrons. The maximum atomic E-state index is 11.6. The first-order valence-electron chi connectivity index (χ1n) is 7.40. The van der Waals surface area contributed by atoms with Crippen LogP contribution in [0.4, 0.5) is 10.5 Å². The fraction of sp³-hybridized carbons (Fsp3) is 0.222. The van der Waals surface area contributed by atoms with Gasteiger partial charge in [-0.3, -0.25) is 5.32 Å². The Morgan fingerprint density at radius 1 is 1.27 bits per heavy atom. The fourth-order valence-corrected chi connectivity index (χ4v) is 3.43. The summed E-state index contributed by atoms with van der Waals surface area (Å²) in [6.07, 6.45) is 2.32. The zero-order valence-electron chi connectivity index (χ0n) is 11.9. The van der Waals surface area contributed by atoms with Crippen LogP contribution >= 0.6 is 0 Å². The average molecular weight is 290 g/mol. The molecular formula is C18H14N2O2. The molecule has 1 heterocycles. The molecule has 0 bridgehead atoms. The smallest absolute Gasteiger partial charge is 0.412 e. The molecule has 2 aromatic carbocycles. The monoisotopic (exact) mass is 290 g/mol. The van der Waals surface area contributed by atoms with E-state index in [9.17, 15) is 4.79 Å². The van der Waals surface area contributed by atoms with Gasteiger partial charge >= 0.3 is 6.09 Å². The van der Waals surface area contributed by atoms with Crippen LogP contribution in [0.25, 0.3) is 11.1 Å². The summed E-state index contributed by atoms with van der Waals surface area (Å²) in [7, 11) is 0. The summed E-state index contributed by atoms with van der Waals surface area (Å²) >= 11 is 0. The molecule has 4 nitrogen and oxygen atoms in total. The van der Waals surface area contributed by atoms with Crippen LogP contribution in [0.2, 0.25) is 0 Å². The van der Waals surface area contributed by atoms with E-state index in [0.717, 1.165) is 41.6 Å². The van der Waals surface area contributed by atoms with E-state index in [1.165, 1.54) is 5.56 Å². The van der Waals surface area contributed by atoms with E-state index in [2.05, 4.69) is 11.4 Å². The van der Waals surface area contributed by atoms with Crippen LogP contribution in [-0.4, -0.2) is 6.09 Å². The predicted octanol–water partition coefficient (Wildman–Crippen LogP) is 4.16. The number of carbonyl (C=O) groups excluding carboxylic acids is 1. The summed E-state index contributed by atoms with van der Waals surface area (Å²) in [5, 5.41) is 11.9. The third kappa shape index (κ3) is 1.94. The Labute approximate surface area is 128 Å². The van der Waals surface area contributed by atoms with Gasteiger partial charge in [0.2, 0.25) is 0 Å². The molecule has 1 aliphatic carbocycles. The number of hydrogen-bond donors (Lipinski definition) is 1. The summed E-state index contributed by atoms with van der Waals surface area (Å²) < 4.78 is 5.43. The third-order valence-electron chi connectivity index (χ3n) is 4.36. The van der Waals surface area contributed by atoms with Crippen molar-refractivity contribution in [2.45, 2.75) is 25.4 Å². The van der Waals surface area contributed by atoms with Gasteiger partial charge in [-0.1, -0.05) is 18.2 Å². The molecule has 0 saturated carbocycles. The second kappa shape index (κ2) is 4.88. The highest BCUT2D eigenvalue weighted by Crippen LogP contribution is 2.44. The molecule has 1 unspecified atom stereocenters. The number of nitrogens with one attached hydrogen (secondary N) is 1. The van der Waals surface area contributed by atoms with Crippen LogP contribution in [0.3, 0.4) is 0 Å². The number of benzene rings is 2. The number of nitrogens with zero attached hydrogens (tertiary/aromatic N) is 1. The normalized spacial score (nSPS) is 18.7. The van der Waals surface area contributed by atoms with E-state index in [4.69, 9.17) is 10.00 Å². The molecule has 4 rings (SSSR count). The first kappa shape index (κ1) is 12.9. The Hall–Kier alpha value is -2.80. The lowest BCUT2D eigenvalue weighted by Crippen LogP contribution is -2.28. The molecule has 1 aliphatic heterocycles. The lowest BCUT2D eigenvalue weighted by molar-refractivity contribution is 0.0953. The number of ether oxygens (including phenoxy) is 1. The minimum absolute atomic E-state index is 0.147. The maximum absolute atomic E-state index is 11.6. The second-order valence-electron chi connectivity index (χ2n) is 5.66. The van der Waals surface area contributed by atoms with Crippen molar-refractivity contribution in [1.29, 1.82) is 5.26 Å². The molecule has 1 atom stereocenters. The second-order valence-corrected chi connectivity index (χ2v) is 5.66. The highest BCUT2D eigenvalue weighted by Gasteiger charge is 2.32. The highest BCUT2D eigenvalue weighted by molar-refractivity contribution is 5.90. The number of anilines is 1. The molecule has 2 aromatic rings. The molecule has 0 radical (unpaired) electrons. The molecule has 1 amide bonds. The van der Waals surface area contributed by atoms with Crippen molar-refractivity contribution in [3.05, 3.63) is 53.1 Å². The van der Waals surface area contributed by atoms with Crippen molar-refractivity contribution in [2.24, 2.45) is 0 Å². The molecule has 0 saturated heterocycles. The standard InChI is InChI=1S/C18H14N2O2/c19-10-11-3-1-4-12(9-11)13-7-8-15-17-14(13)5-2-6-16(17)22-18(21)20-15/h1,3-4,7-9,16H,2,5-6H2,(H,20,21). The average Bonchev–Trinajstić information content (AvgIpc) is 2.55. The van der Waals surface area contributed by atoms with E-state index < -0.39 is 0 Å². The number of amides is 1. The van der Waals surface area contributed by atoms with Gasteiger partial charge in [-0.05, 0) is 54.2 Å². The Kier molecular flexibility index (Phi) is 2.87. The summed E-state index contributed by atoms with van der Waals surface area (Å²) in [5.41, 5.74) is 6.00. The summed E-state index contributed by atoms with van der Waals surface area (Å²) in [6, 6.07) is 13.8. The van der Waals surface area contributed by atoms with E-state index in [-0.39, 0.29) is 12.2 Å². The van der Waals surface area contributed by atoms with Gasteiger partial charge in [-0.2, -0.15) is 5.26 Å². The lowest BCUT2D eigenvalue weighted by Gasteiger charge is -2.33. The number of rotatable bonds is 1. The summed E-state index contributed by atoms with van der Waals surface area (Å²) in [4.78, 5) is 11.6. The zero-order chi connectivity index (χ0) is 15.1. The number of nitriles is 1.